The Morgan fingerprint density at radius 1 is 1.83 bits per heavy atom. The molecule has 0 aromatic heterocycles. The molecule has 1 atom stereocenters. The van der Waals surface area contributed by atoms with Gasteiger partial charge in [-0.05, 0) is 9.47 Å². The molecule has 5 heteroatoms. The molecule has 1 unspecified atom stereocenters. The van der Waals surface area contributed by atoms with Gasteiger partial charge < -0.3 is 14.4 Å². The van der Waals surface area contributed by atoms with Gasteiger partial charge >= 0.3 is 29.6 Å². The van der Waals surface area contributed by atoms with Crippen molar-refractivity contribution in [3.8, 4) is 0 Å². The van der Waals surface area contributed by atoms with Gasteiger partial charge in [-0.3, -0.25) is 0 Å². The molecule has 0 saturated heterocycles. The van der Waals surface area contributed by atoms with Crippen LogP contribution in [-0.4, -0.2) is 6.16 Å². The summed E-state index contributed by atoms with van der Waals surface area (Å²) >= 11 is 0. The quantitative estimate of drug-likeness (QED) is 0.240. The predicted octanol–water partition coefficient (Wildman–Crippen LogP) is -3.86. The van der Waals surface area contributed by atoms with Gasteiger partial charge in [0.25, 0.3) is 6.16 Å². The third-order valence-electron chi connectivity index (χ3n) is 0.0962. The van der Waals surface area contributed by atoms with Crippen LogP contribution in [0.5, 0.6) is 0 Å². The van der Waals surface area contributed by atoms with Gasteiger partial charge in [0.1, 0.15) is 0 Å². The Kier molecular flexibility index (Phi) is 9.36. The first-order valence-corrected chi connectivity index (χ1v) is 1.32. The Hall–Kier alpha value is 0.700. The average molecular weight is 116 g/mol. The Bertz CT molecular complexity index is 46.1. The number of carbonyl (C=O) groups excluding carboxylic acids is 1. The minimum absolute atomic E-state index is 0. The Balaban J connectivity index is 0. The fraction of sp³-hybridized carbons (Fsp3) is 0. The first kappa shape index (κ1) is 9.85. The Labute approximate surface area is 59.6 Å². The molecule has 0 rings (SSSR count). The average Bonchev–Trinajstić information content (AvgIpc) is 1.38. The normalized spacial score (nSPS) is 5.50. The minimum Gasteiger partial charge on any atom is -0.532 e. The molecule has 0 aromatic rings. The Morgan fingerprint density at radius 2 is 2.00 bits per heavy atom. The summed E-state index contributed by atoms with van der Waals surface area (Å²) in [5, 5.41) is 9.01. The van der Waals surface area contributed by atoms with Gasteiger partial charge in [0.15, 0.2) is 0 Å². The van der Waals surface area contributed by atoms with Gasteiger partial charge in [0.05, 0.1) is 0 Å². The van der Waals surface area contributed by atoms with Crippen LogP contribution in [0, 0.1) is 0 Å². The van der Waals surface area contributed by atoms with E-state index in [0.717, 1.165) is 0 Å². The van der Waals surface area contributed by atoms with Crippen LogP contribution in [0.2, 0.25) is 0 Å². The summed E-state index contributed by atoms with van der Waals surface area (Å²) < 4.78 is 3.47. The number of rotatable bonds is 0. The molecule has 0 aliphatic heterocycles. The maximum absolute atomic E-state index is 9.01. The molecule has 0 aliphatic rings. The van der Waals surface area contributed by atoms with Gasteiger partial charge in [-0.1, -0.05) is 0 Å². The van der Waals surface area contributed by atoms with E-state index in [2.05, 4.69) is 4.52 Å². The molecule has 0 heterocycles. The third-order valence-corrected chi connectivity index (χ3v) is 0.289. The van der Waals surface area contributed by atoms with Crippen LogP contribution in [0.3, 0.4) is 0 Å². The van der Waals surface area contributed by atoms with Crippen LogP contribution < -0.4 is 34.7 Å². The van der Waals surface area contributed by atoms with E-state index in [9.17, 15) is 0 Å². The fourth-order valence-corrected chi connectivity index (χ4v) is 0. The molecule has 0 spiro atoms. The van der Waals surface area contributed by atoms with E-state index in [1.807, 2.05) is 0 Å². The van der Waals surface area contributed by atoms with Crippen LogP contribution in [0.25, 0.3) is 0 Å². The van der Waals surface area contributed by atoms with Crippen molar-refractivity contribution in [3.05, 3.63) is 0 Å². The topological polar surface area (TPSA) is 49.4 Å². The number of hydrogen-bond donors (Lipinski definition) is 0. The first-order chi connectivity index (χ1) is 2.27. The molecular weight excluding hydrogens is 114 g/mol. The molecular formula is CH2NaO3P. The Morgan fingerprint density at radius 3 is 2.00 bits per heavy atom. The van der Waals surface area contributed by atoms with Crippen molar-refractivity contribution < 1.29 is 44.0 Å². The number of hydrogen-bond acceptors (Lipinski definition) is 3. The van der Waals surface area contributed by atoms with E-state index in [-0.39, 0.29) is 29.6 Å². The maximum atomic E-state index is 9.01. The van der Waals surface area contributed by atoms with E-state index < -0.39 is 6.16 Å². The van der Waals surface area contributed by atoms with Gasteiger partial charge in [-0.25, -0.2) is 0 Å². The summed E-state index contributed by atoms with van der Waals surface area (Å²) in [5.74, 6) is 0. The van der Waals surface area contributed by atoms with Gasteiger partial charge in [-0.15, -0.1) is 0 Å². The summed E-state index contributed by atoms with van der Waals surface area (Å²) in [6.45, 7) is 0. The molecule has 3 nitrogen and oxygen atoms in total. The first-order valence-electron chi connectivity index (χ1n) is 0.848. The zero-order valence-corrected chi connectivity index (χ0v) is 6.46. The van der Waals surface area contributed by atoms with E-state index in [1.54, 1.807) is 0 Å². The molecule has 0 N–H and O–H groups in total. The zero-order valence-electron chi connectivity index (χ0n) is 3.30. The van der Waals surface area contributed by atoms with Crippen molar-refractivity contribution in [1.29, 1.82) is 0 Å². The van der Waals surface area contributed by atoms with Crippen LogP contribution in [-0.2, 0) is 4.52 Å². The largest absolute Gasteiger partial charge is 1.00 e. The van der Waals surface area contributed by atoms with Crippen molar-refractivity contribution in [3.63, 3.8) is 0 Å². The van der Waals surface area contributed by atoms with Crippen molar-refractivity contribution >= 4 is 15.6 Å². The van der Waals surface area contributed by atoms with Crippen molar-refractivity contribution in [2.24, 2.45) is 0 Å². The smallest absolute Gasteiger partial charge is 0.532 e. The monoisotopic (exact) mass is 116 g/mol. The van der Waals surface area contributed by atoms with Crippen molar-refractivity contribution in [2.75, 3.05) is 0 Å². The van der Waals surface area contributed by atoms with E-state index >= 15 is 0 Å². The van der Waals surface area contributed by atoms with Gasteiger partial charge in [-0.2, -0.15) is 0 Å². The molecule has 30 valence electrons. The van der Waals surface area contributed by atoms with Gasteiger partial charge in [0, 0.05) is 0 Å². The maximum Gasteiger partial charge on any atom is 1.00 e. The second-order valence-corrected chi connectivity index (χ2v) is 0.604. The molecule has 0 aromatic carbocycles. The van der Waals surface area contributed by atoms with Crippen molar-refractivity contribution in [1.82, 2.24) is 0 Å². The molecule has 0 radical (unpaired) electrons. The van der Waals surface area contributed by atoms with Crippen molar-refractivity contribution in [2.45, 2.75) is 0 Å². The third kappa shape index (κ3) is 8.83. The summed E-state index contributed by atoms with van der Waals surface area (Å²) in [5.41, 5.74) is 0. The minimum atomic E-state index is -1.53. The second-order valence-electron chi connectivity index (χ2n) is 0.368. The molecule has 0 bridgehead atoms. The van der Waals surface area contributed by atoms with E-state index in [0.29, 0.717) is 0 Å². The van der Waals surface area contributed by atoms with Crippen LogP contribution in [0.4, 0.5) is 4.79 Å². The molecule has 0 fully saturated rings. The SMILES string of the molecule is O=C([O-])OP.[Na+]. The summed E-state index contributed by atoms with van der Waals surface area (Å²) in [4.78, 5) is 9.01. The van der Waals surface area contributed by atoms with E-state index in [1.165, 1.54) is 9.47 Å². The summed E-state index contributed by atoms with van der Waals surface area (Å²) in [6.07, 6.45) is -1.53. The van der Waals surface area contributed by atoms with Crippen LogP contribution in [0.1, 0.15) is 0 Å². The second kappa shape index (κ2) is 5.70. The fourth-order valence-electron chi connectivity index (χ4n) is 0. The molecule has 0 amide bonds. The molecule has 0 aliphatic carbocycles. The molecule has 0 saturated carbocycles. The zero-order chi connectivity index (χ0) is 4.28. The number of carboxylic acid groups (broad SMARTS) is 1. The predicted molar refractivity (Wildman–Crippen MR) is 16.2 cm³/mol. The number of carbonyl (C=O) groups is 1. The van der Waals surface area contributed by atoms with E-state index in [4.69, 9.17) is 9.90 Å². The van der Waals surface area contributed by atoms with Crippen LogP contribution >= 0.6 is 9.47 Å². The standard InChI is InChI=1S/CH3O3P.Na/c2-1(3)4-5;/h5H2,(H,2,3);/q;+1/p-1. The van der Waals surface area contributed by atoms with Crippen LogP contribution in [0.15, 0.2) is 0 Å². The van der Waals surface area contributed by atoms with Gasteiger partial charge in [0.2, 0.25) is 0 Å². The molecule has 6 heavy (non-hydrogen) atoms. The summed E-state index contributed by atoms with van der Waals surface area (Å²) in [7, 11) is 1.53. The summed E-state index contributed by atoms with van der Waals surface area (Å²) in [6, 6.07) is 0.